The van der Waals surface area contributed by atoms with Gasteiger partial charge in [-0.25, -0.2) is 0 Å². The summed E-state index contributed by atoms with van der Waals surface area (Å²) in [6, 6.07) is 0. The maximum atomic E-state index is 12.2. The molecule has 0 spiro atoms. The molecule has 4 aliphatic carbocycles. The molecular weight excluding hydrogens is 716 g/mol. The molecule has 6 fully saturated rings. The zero-order chi connectivity index (χ0) is 40.8. The van der Waals surface area contributed by atoms with Gasteiger partial charge >= 0.3 is 0 Å². The third-order valence-corrected chi connectivity index (χ3v) is 16.4. The molecule has 6 rings (SSSR count). The molecule has 2 saturated heterocycles. The third kappa shape index (κ3) is 7.38. The van der Waals surface area contributed by atoms with Crippen molar-refractivity contribution in [2.45, 2.75) is 198 Å². The zero-order valence-electron chi connectivity index (χ0n) is 34.1. The first kappa shape index (κ1) is 44.0. The predicted octanol–water partition coefficient (Wildman–Crippen LogP) is 0.954. The predicted molar refractivity (Wildman–Crippen MR) is 198 cm³/mol. The fourth-order valence-electron chi connectivity index (χ4n) is 13.3. The first-order valence-corrected chi connectivity index (χ1v) is 20.7. The monoisotopic (exact) mass is 788 g/mol. The van der Waals surface area contributed by atoms with Crippen LogP contribution in [0.1, 0.15) is 113 Å². The molecule has 4 saturated carbocycles. The minimum Gasteiger partial charge on any atom is -0.394 e. The van der Waals surface area contributed by atoms with Gasteiger partial charge in [-0.15, -0.1) is 0 Å². The van der Waals surface area contributed by atoms with E-state index in [0.29, 0.717) is 44.9 Å². The highest BCUT2D eigenvalue weighted by molar-refractivity contribution is 5.22. The summed E-state index contributed by atoms with van der Waals surface area (Å²) in [6.07, 6.45) is -10.1. The highest BCUT2D eigenvalue weighted by Crippen LogP contribution is 2.76. The van der Waals surface area contributed by atoms with Crippen molar-refractivity contribution in [1.82, 2.24) is 0 Å². The first-order chi connectivity index (χ1) is 25.3. The van der Waals surface area contributed by atoms with Crippen molar-refractivity contribution in [2.75, 3.05) is 13.2 Å². The molecule has 55 heavy (non-hydrogen) atoms. The summed E-state index contributed by atoms with van der Waals surface area (Å²) in [5, 5.41) is 110. The molecule has 0 aromatic rings. The molecule has 2 heterocycles. The number of fused-ring (bicyclic) bond motifs is 5. The van der Waals surface area contributed by atoms with Crippen LogP contribution in [-0.4, -0.2) is 149 Å². The van der Waals surface area contributed by atoms with E-state index in [4.69, 9.17) is 18.9 Å². The van der Waals surface area contributed by atoms with E-state index in [0.717, 1.165) is 12.8 Å². The minimum absolute atomic E-state index is 0.0161. The first-order valence-electron chi connectivity index (χ1n) is 20.7. The third-order valence-electron chi connectivity index (χ3n) is 16.4. The smallest absolute Gasteiger partial charge is 0.187 e. The number of ether oxygens (including phenoxy) is 4. The van der Waals surface area contributed by atoms with E-state index in [1.807, 2.05) is 20.8 Å². The normalized spacial score (nSPS) is 52.5. The van der Waals surface area contributed by atoms with Crippen molar-refractivity contribution in [3.05, 3.63) is 0 Å². The number of aliphatic hydroxyl groups is 10. The van der Waals surface area contributed by atoms with Gasteiger partial charge in [-0.1, -0.05) is 34.6 Å². The Balaban J connectivity index is 1.37. The summed E-state index contributed by atoms with van der Waals surface area (Å²) in [6.45, 7) is 15.2. The number of hydrogen-bond acceptors (Lipinski definition) is 14. The fraction of sp³-hybridized carbons (Fsp3) is 1.00. The lowest BCUT2D eigenvalue weighted by Gasteiger charge is -2.72. The second-order valence-corrected chi connectivity index (χ2v) is 20.7. The van der Waals surface area contributed by atoms with Crippen molar-refractivity contribution < 1.29 is 70.0 Å². The van der Waals surface area contributed by atoms with Gasteiger partial charge in [-0.3, -0.25) is 0 Å². The fourth-order valence-corrected chi connectivity index (χ4v) is 13.3. The Morgan fingerprint density at radius 2 is 1.42 bits per heavy atom. The second-order valence-electron chi connectivity index (χ2n) is 20.7. The van der Waals surface area contributed by atoms with Crippen LogP contribution in [0.2, 0.25) is 0 Å². The SMILES string of the molecule is CC(C)(O)CCCC(C)(O)[C@H]1CC[C@]2(C)[C@@H]1[C@H](O)C[C@@H]1[C@@]3(C)CC[C@H](O)C(C)(C)[C@@H]3[C@@H](O[C@@H]3O[C@H](CO)[C@@H](O)[C@H](O)[C@H]3O[C@@H]3OC[C@@H](O)[C@H](O)[C@H]3O)C[C@]12C. The number of rotatable bonds is 10. The van der Waals surface area contributed by atoms with E-state index in [1.165, 1.54) is 0 Å². The lowest BCUT2D eigenvalue weighted by molar-refractivity contribution is -0.377. The minimum atomic E-state index is -1.69. The molecule has 0 amide bonds. The van der Waals surface area contributed by atoms with Crippen LogP contribution in [0.5, 0.6) is 0 Å². The molecule has 0 bridgehead atoms. The van der Waals surface area contributed by atoms with E-state index in [9.17, 15) is 51.1 Å². The number of aliphatic hydroxyl groups excluding tert-OH is 8. The van der Waals surface area contributed by atoms with Crippen LogP contribution in [0.3, 0.4) is 0 Å². The average Bonchev–Trinajstić information content (AvgIpc) is 3.47. The van der Waals surface area contributed by atoms with Gasteiger partial charge < -0.3 is 70.0 Å². The Kier molecular flexibility index (Phi) is 12.1. The molecule has 6 aliphatic rings. The van der Waals surface area contributed by atoms with Crippen LogP contribution in [0.4, 0.5) is 0 Å². The van der Waals surface area contributed by atoms with Gasteiger partial charge in [-0.2, -0.15) is 0 Å². The summed E-state index contributed by atoms with van der Waals surface area (Å²) in [4.78, 5) is 0. The van der Waals surface area contributed by atoms with Crippen LogP contribution in [0.15, 0.2) is 0 Å². The topological polar surface area (TPSA) is 239 Å². The van der Waals surface area contributed by atoms with Crippen LogP contribution >= 0.6 is 0 Å². The maximum Gasteiger partial charge on any atom is 0.187 e. The van der Waals surface area contributed by atoms with Crippen molar-refractivity contribution in [1.29, 1.82) is 0 Å². The van der Waals surface area contributed by atoms with E-state index < -0.39 is 113 Å². The van der Waals surface area contributed by atoms with Crippen molar-refractivity contribution in [2.24, 2.45) is 45.3 Å². The zero-order valence-corrected chi connectivity index (χ0v) is 34.1. The Hall–Kier alpha value is -0.560. The number of hydrogen-bond donors (Lipinski definition) is 10. The summed E-state index contributed by atoms with van der Waals surface area (Å²) in [5.74, 6) is -0.676. The summed E-state index contributed by atoms with van der Waals surface area (Å²) in [5.41, 5.74) is -3.94. The molecule has 1 unspecified atom stereocenters. The van der Waals surface area contributed by atoms with Gasteiger partial charge in [0.1, 0.15) is 42.7 Å². The summed E-state index contributed by atoms with van der Waals surface area (Å²) < 4.78 is 24.8. The van der Waals surface area contributed by atoms with E-state index in [2.05, 4.69) is 20.8 Å². The quantitative estimate of drug-likeness (QED) is 0.139. The molecule has 0 aromatic heterocycles. The molecule has 320 valence electrons. The molecule has 14 heteroatoms. The average molecular weight is 789 g/mol. The van der Waals surface area contributed by atoms with Crippen LogP contribution in [0.25, 0.3) is 0 Å². The van der Waals surface area contributed by atoms with Gasteiger partial charge in [0, 0.05) is 0 Å². The van der Waals surface area contributed by atoms with Crippen molar-refractivity contribution >= 4 is 0 Å². The highest BCUT2D eigenvalue weighted by atomic mass is 16.8. The molecule has 0 aromatic carbocycles. The Labute approximate surface area is 326 Å². The van der Waals surface area contributed by atoms with Crippen molar-refractivity contribution in [3.63, 3.8) is 0 Å². The molecular formula is C41H72O14. The van der Waals surface area contributed by atoms with Crippen LogP contribution < -0.4 is 0 Å². The van der Waals surface area contributed by atoms with Gasteiger partial charge in [0.05, 0.1) is 42.7 Å². The lowest BCUT2D eigenvalue weighted by Crippen LogP contribution is -2.71. The maximum absolute atomic E-state index is 12.2. The van der Waals surface area contributed by atoms with E-state index in [-0.39, 0.29) is 30.3 Å². The Morgan fingerprint density at radius 3 is 2.05 bits per heavy atom. The Bertz CT molecular complexity index is 1340. The van der Waals surface area contributed by atoms with Crippen LogP contribution in [-0.2, 0) is 18.9 Å². The summed E-state index contributed by atoms with van der Waals surface area (Å²) >= 11 is 0. The van der Waals surface area contributed by atoms with Gasteiger partial charge in [0.2, 0.25) is 0 Å². The molecule has 0 radical (unpaired) electrons. The standard InChI is InChI=1S/C41H72O14/c1-36(2,50)12-9-13-41(8,51)20-10-15-39(6)27(20)21(43)16-25-38(5)14-11-26(45)37(3,4)33(38)23(17-40(25,39)7)53-35-32(30(48)29(47)24(18-42)54-35)55-34-31(49)28(46)22(44)19-52-34/h20-35,42-51H,9-19H2,1-8H3/t20-,21+,22+,23-,24+,25+,26-,27-,28-,29+,30-,31+,32+,33-,34-,35+,38+,39+,40+,41?/m0/s1. The largest absolute Gasteiger partial charge is 0.394 e. The Morgan fingerprint density at radius 1 is 0.745 bits per heavy atom. The van der Waals surface area contributed by atoms with E-state index >= 15 is 0 Å². The van der Waals surface area contributed by atoms with E-state index in [1.54, 1.807) is 13.8 Å². The van der Waals surface area contributed by atoms with Gasteiger partial charge in [0.15, 0.2) is 12.6 Å². The molecule has 2 aliphatic heterocycles. The van der Waals surface area contributed by atoms with Crippen LogP contribution in [0, 0.1) is 45.3 Å². The molecule has 14 nitrogen and oxygen atoms in total. The van der Waals surface area contributed by atoms with Gasteiger partial charge in [0.25, 0.3) is 0 Å². The molecule has 10 N–H and O–H groups in total. The highest BCUT2D eigenvalue weighted by Gasteiger charge is 2.73. The van der Waals surface area contributed by atoms with Gasteiger partial charge in [-0.05, 0) is 124 Å². The second kappa shape index (κ2) is 15.2. The van der Waals surface area contributed by atoms with Crippen molar-refractivity contribution in [3.8, 4) is 0 Å². The molecule has 20 atom stereocenters. The lowest BCUT2D eigenvalue weighted by atomic mass is 9.34. The summed E-state index contributed by atoms with van der Waals surface area (Å²) in [7, 11) is 0.